The van der Waals surface area contributed by atoms with E-state index in [9.17, 15) is 9.00 Å². The first-order valence-corrected chi connectivity index (χ1v) is 7.57. The van der Waals surface area contributed by atoms with E-state index in [0.29, 0.717) is 24.7 Å². The Bertz CT molecular complexity index is 438. The minimum Gasteiger partial charge on any atom is -0.384 e. The molecular weight excluding hydrogens is 264 g/mol. The van der Waals surface area contributed by atoms with Crippen molar-refractivity contribution in [1.29, 1.82) is 0 Å². The molecular formula is C13H20N2O3S. The van der Waals surface area contributed by atoms with Crippen molar-refractivity contribution in [1.82, 2.24) is 0 Å². The SMILES string of the molecule is COCCS(=O)CCC(=O)Nc1cccc(CN)c1. The number of ether oxygens (including phenoxy) is 1. The van der Waals surface area contributed by atoms with Crippen LogP contribution in [0.15, 0.2) is 24.3 Å². The van der Waals surface area contributed by atoms with Crippen molar-refractivity contribution < 1.29 is 13.7 Å². The van der Waals surface area contributed by atoms with E-state index in [-0.39, 0.29) is 12.3 Å². The van der Waals surface area contributed by atoms with Gasteiger partial charge in [0.25, 0.3) is 0 Å². The van der Waals surface area contributed by atoms with Gasteiger partial charge in [-0.15, -0.1) is 0 Å². The summed E-state index contributed by atoms with van der Waals surface area (Å²) in [4.78, 5) is 11.7. The summed E-state index contributed by atoms with van der Waals surface area (Å²) < 4.78 is 16.3. The lowest BCUT2D eigenvalue weighted by atomic mass is 10.2. The van der Waals surface area contributed by atoms with Crippen molar-refractivity contribution in [2.75, 3.05) is 30.5 Å². The lowest BCUT2D eigenvalue weighted by Crippen LogP contribution is -2.17. The molecule has 6 heteroatoms. The Hall–Kier alpha value is -1.24. The average Bonchev–Trinajstić information content (AvgIpc) is 2.43. The standard InChI is InChI=1S/C13H20N2O3S/c1-18-6-8-19(17)7-5-13(16)15-12-4-2-3-11(9-12)10-14/h2-4,9H,5-8,10,14H2,1H3,(H,15,16). The van der Waals surface area contributed by atoms with Crippen molar-refractivity contribution in [3.63, 3.8) is 0 Å². The van der Waals surface area contributed by atoms with Crippen LogP contribution in [0.1, 0.15) is 12.0 Å². The fourth-order valence-corrected chi connectivity index (χ4v) is 2.45. The molecule has 0 aliphatic carbocycles. The number of carbonyl (C=O) groups excluding carboxylic acids is 1. The van der Waals surface area contributed by atoms with Crippen LogP contribution in [0.3, 0.4) is 0 Å². The van der Waals surface area contributed by atoms with E-state index in [1.807, 2.05) is 18.2 Å². The van der Waals surface area contributed by atoms with Crippen LogP contribution in [0.2, 0.25) is 0 Å². The van der Waals surface area contributed by atoms with Gasteiger partial charge in [0.1, 0.15) is 0 Å². The zero-order valence-corrected chi connectivity index (χ0v) is 11.9. The quantitative estimate of drug-likeness (QED) is 0.742. The summed E-state index contributed by atoms with van der Waals surface area (Å²) in [6.45, 7) is 0.886. The van der Waals surface area contributed by atoms with Gasteiger partial charge < -0.3 is 15.8 Å². The molecule has 0 saturated heterocycles. The van der Waals surface area contributed by atoms with Crippen LogP contribution in [-0.4, -0.2) is 35.3 Å². The van der Waals surface area contributed by atoms with Crippen LogP contribution in [0.25, 0.3) is 0 Å². The van der Waals surface area contributed by atoms with Crippen molar-refractivity contribution in [2.24, 2.45) is 5.73 Å². The fourth-order valence-electron chi connectivity index (χ4n) is 1.48. The molecule has 1 aromatic rings. The summed E-state index contributed by atoms with van der Waals surface area (Å²) in [7, 11) is 0.554. The van der Waals surface area contributed by atoms with Gasteiger partial charge in [0, 0.05) is 48.1 Å². The third kappa shape index (κ3) is 6.47. The smallest absolute Gasteiger partial charge is 0.225 e. The second-order valence-corrected chi connectivity index (χ2v) is 5.74. The highest BCUT2D eigenvalue weighted by atomic mass is 32.2. The molecule has 19 heavy (non-hydrogen) atoms. The van der Waals surface area contributed by atoms with Crippen molar-refractivity contribution in [2.45, 2.75) is 13.0 Å². The number of rotatable bonds is 8. The molecule has 1 rings (SSSR count). The first kappa shape index (κ1) is 15.8. The topological polar surface area (TPSA) is 81.4 Å². The molecule has 1 aromatic carbocycles. The van der Waals surface area contributed by atoms with Gasteiger partial charge >= 0.3 is 0 Å². The largest absolute Gasteiger partial charge is 0.384 e. The van der Waals surface area contributed by atoms with E-state index in [1.165, 1.54) is 0 Å². The predicted octanol–water partition coefficient (Wildman–Crippen LogP) is 0.869. The van der Waals surface area contributed by atoms with E-state index in [1.54, 1.807) is 13.2 Å². The number of nitrogens with one attached hydrogen (secondary N) is 1. The number of hydrogen-bond donors (Lipinski definition) is 2. The maximum atomic E-state index is 11.7. The van der Waals surface area contributed by atoms with Crippen LogP contribution in [0.5, 0.6) is 0 Å². The molecule has 1 amide bonds. The van der Waals surface area contributed by atoms with Crippen LogP contribution >= 0.6 is 0 Å². The summed E-state index contributed by atoms with van der Waals surface area (Å²) in [5.41, 5.74) is 7.21. The van der Waals surface area contributed by atoms with Gasteiger partial charge in [0.15, 0.2) is 0 Å². The number of hydrogen-bond acceptors (Lipinski definition) is 4. The minimum atomic E-state index is -1.01. The summed E-state index contributed by atoms with van der Waals surface area (Å²) >= 11 is 0. The number of anilines is 1. The molecule has 5 nitrogen and oxygen atoms in total. The second kappa shape index (κ2) is 8.79. The lowest BCUT2D eigenvalue weighted by Gasteiger charge is -2.06. The molecule has 106 valence electrons. The Morgan fingerprint density at radius 2 is 2.21 bits per heavy atom. The maximum Gasteiger partial charge on any atom is 0.225 e. The van der Waals surface area contributed by atoms with Gasteiger partial charge in [0.05, 0.1) is 6.61 Å². The van der Waals surface area contributed by atoms with E-state index < -0.39 is 10.8 Å². The molecule has 0 aliphatic rings. The summed E-state index contributed by atoms with van der Waals surface area (Å²) in [6, 6.07) is 7.38. The van der Waals surface area contributed by atoms with Gasteiger partial charge in [-0.3, -0.25) is 9.00 Å². The third-order valence-corrected chi connectivity index (χ3v) is 3.80. The Balaban J connectivity index is 2.36. The number of carbonyl (C=O) groups is 1. The third-order valence-electron chi connectivity index (χ3n) is 2.52. The van der Waals surface area contributed by atoms with Gasteiger partial charge in [0.2, 0.25) is 5.91 Å². The van der Waals surface area contributed by atoms with Crippen LogP contribution < -0.4 is 11.1 Å². The first-order valence-electron chi connectivity index (χ1n) is 6.08. The molecule has 3 N–H and O–H groups in total. The monoisotopic (exact) mass is 284 g/mol. The Morgan fingerprint density at radius 1 is 1.42 bits per heavy atom. The molecule has 0 aromatic heterocycles. The van der Waals surface area contributed by atoms with Crippen molar-refractivity contribution in [3.05, 3.63) is 29.8 Å². The number of nitrogens with two attached hydrogens (primary N) is 1. The zero-order chi connectivity index (χ0) is 14.1. The molecule has 1 unspecified atom stereocenters. The highest BCUT2D eigenvalue weighted by Crippen LogP contribution is 2.10. The molecule has 0 radical (unpaired) electrons. The van der Waals surface area contributed by atoms with Crippen molar-refractivity contribution in [3.8, 4) is 0 Å². The molecule has 0 fully saturated rings. The van der Waals surface area contributed by atoms with Crippen LogP contribution in [-0.2, 0) is 26.9 Å². The van der Waals surface area contributed by atoms with Gasteiger partial charge in [-0.05, 0) is 17.7 Å². The molecule has 0 aliphatic heterocycles. The number of methoxy groups -OCH3 is 1. The molecule has 0 saturated carbocycles. The highest BCUT2D eigenvalue weighted by Gasteiger charge is 2.06. The maximum absolute atomic E-state index is 11.7. The fraction of sp³-hybridized carbons (Fsp3) is 0.462. The van der Waals surface area contributed by atoms with E-state index in [4.69, 9.17) is 10.5 Å². The molecule has 0 heterocycles. The normalized spacial score (nSPS) is 12.1. The van der Waals surface area contributed by atoms with Gasteiger partial charge in [-0.2, -0.15) is 0 Å². The molecule has 1 atom stereocenters. The summed E-state index contributed by atoms with van der Waals surface area (Å²) in [6.07, 6.45) is 0.239. The first-order chi connectivity index (χ1) is 9.15. The van der Waals surface area contributed by atoms with Gasteiger partial charge in [-0.1, -0.05) is 12.1 Å². The molecule has 0 spiro atoms. The lowest BCUT2D eigenvalue weighted by molar-refractivity contribution is -0.115. The second-order valence-electron chi connectivity index (χ2n) is 4.04. The van der Waals surface area contributed by atoms with E-state index >= 15 is 0 Å². The van der Waals surface area contributed by atoms with E-state index in [2.05, 4.69) is 5.32 Å². The number of amides is 1. The molecule has 0 bridgehead atoms. The Kier molecular flexibility index (Phi) is 7.32. The minimum absolute atomic E-state index is 0.139. The highest BCUT2D eigenvalue weighted by molar-refractivity contribution is 7.85. The summed E-state index contributed by atoms with van der Waals surface area (Å²) in [5.74, 6) is 0.679. The van der Waals surface area contributed by atoms with E-state index in [0.717, 1.165) is 11.3 Å². The average molecular weight is 284 g/mol. The van der Waals surface area contributed by atoms with Crippen LogP contribution in [0, 0.1) is 0 Å². The predicted molar refractivity (Wildman–Crippen MR) is 77.3 cm³/mol. The Labute approximate surface area is 116 Å². The van der Waals surface area contributed by atoms with Gasteiger partial charge in [-0.25, -0.2) is 0 Å². The van der Waals surface area contributed by atoms with Crippen molar-refractivity contribution >= 4 is 22.4 Å². The number of benzene rings is 1. The summed E-state index contributed by atoms with van der Waals surface area (Å²) in [5, 5.41) is 2.77. The van der Waals surface area contributed by atoms with Crippen LogP contribution in [0.4, 0.5) is 5.69 Å². The zero-order valence-electron chi connectivity index (χ0n) is 11.1. The Morgan fingerprint density at radius 3 is 2.89 bits per heavy atom.